The Morgan fingerprint density at radius 1 is 1.05 bits per heavy atom. The van der Waals surface area contributed by atoms with Gasteiger partial charge in [0.2, 0.25) is 5.91 Å². The highest BCUT2D eigenvalue weighted by molar-refractivity contribution is 5.94. The number of amides is 1. The highest BCUT2D eigenvalue weighted by atomic mass is 16.1. The summed E-state index contributed by atoms with van der Waals surface area (Å²) < 4.78 is 0. The first kappa shape index (κ1) is 15.1. The van der Waals surface area contributed by atoms with E-state index >= 15 is 0 Å². The summed E-state index contributed by atoms with van der Waals surface area (Å²) in [6, 6.07) is 15.7. The molecule has 0 radical (unpaired) electrons. The second-order valence-corrected chi connectivity index (χ2v) is 6.17. The van der Waals surface area contributed by atoms with Crippen molar-refractivity contribution in [1.82, 2.24) is 0 Å². The van der Waals surface area contributed by atoms with Gasteiger partial charge in [-0.25, -0.2) is 0 Å². The minimum atomic E-state index is -0.392. The molecule has 0 aliphatic heterocycles. The Morgan fingerprint density at radius 2 is 1.67 bits per heavy atom. The first-order valence-corrected chi connectivity index (χ1v) is 7.10. The van der Waals surface area contributed by atoms with Gasteiger partial charge in [0.1, 0.15) is 0 Å². The van der Waals surface area contributed by atoms with E-state index in [1.807, 2.05) is 30.3 Å². The van der Waals surface area contributed by atoms with Gasteiger partial charge in [0, 0.05) is 17.8 Å². The summed E-state index contributed by atoms with van der Waals surface area (Å²) in [5.74, 6) is -0.392. The van der Waals surface area contributed by atoms with Crippen molar-refractivity contribution in [3.8, 4) is 0 Å². The Balaban J connectivity index is 2.24. The molecule has 0 spiro atoms. The number of para-hydroxylation sites is 1. The van der Waals surface area contributed by atoms with Crippen molar-refractivity contribution in [3.63, 3.8) is 0 Å². The number of nitrogens with two attached hydrogens (primary N) is 1. The molecule has 1 amide bonds. The quantitative estimate of drug-likeness (QED) is 0.898. The summed E-state index contributed by atoms with van der Waals surface area (Å²) in [6.45, 7) is 7.13. The molecule has 3 heteroatoms. The van der Waals surface area contributed by atoms with Gasteiger partial charge >= 0.3 is 0 Å². The molecule has 0 aromatic heterocycles. The average molecular weight is 282 g/mol. The number of benzene rings is 2. The lowest BCUT2D eigenvalue weighted by atomic mass is 9.86. The van der Waals surface area contributed by atoms with E-state index < -0.39 is 5.91 Å². The van der Waals surface area contributed by atoms with E-state index in [4.69, 9.17) is 5.73 Å². The Kier molecular flexibility index (Phi) is 4.32. The topological polar surface area (TPSA) is 55.1 Å². The zero-order valence-corrected chi connectivity index (χ0v) is 12.8. The maximum absolute atomic E-state index is 11.5. The molecule has 0 bridgehead atoms. The zero-order valence-electron chi connectivity index (χ0n) is 12.8. The van der Waals surface area contributed by atoms with Crippen molar-refractivity contribution < 1.29 is 4.79 Å². The second-order valence-electron chi connectivity index (χ2n) is 6.17. The van der Waals surface area contributed by atoms with Gasteiger partial charge in [0.15, 0.2) is 0 Å². The van der Waals surface area contributed by atoms with Crippen LogP contribution in [0, 0.1) is 0 Å². The molecule has 3 N–H and O–H groups in total. The summed E-state index contributed by atoms with van der Waals surface area (Å²) in [7, 11) is 0. The van der Waals surface area contributed by atoms with Gasteiger partial charge in [0.25, 0.3) is 0 Å². The van der Waals surface area contributed by atoms with Crippen LogP contribution in [-0.4, -0.2) is 5.91 Å². The number of carbonyl (C=O) groups is 1. The average Bonchev–Trinajstić information content (AvgIpc) is 2.44. The summed E-state index contributed by atoms with van der Waals surface area (Å²) in [5.41, 5.74) is 9.30. The third kappa shape index (κ3) is 3.63. The van der Waals surface area contributed by atoms with Crippen LogP contribution < -0.4 is 11.1 Å². The SMILES string of the molecule is CC(C)(C)c1ccccc1NCc1ccccc1C(N)=O. The van der Waals surface area contributed by atoms with Crippen molar-refractivity contribution >= 4 is 11.6 Å². The van der Waals surface area contributed by atoms with Crippen LogP contribution >= 0.6 is 0 Å². The van der Waals surface area contributed by atoms with Gasteiger partial charge in [-0.1, -0.05) is 57.2 Å². The lowest BCUT2D eigenvalue weighted by Gasteiger charge is -2.23. The summed E-state index contributed by atoms with van der Waals surface area (Å²) >= 11 is 0. The molecule has 0 aliphatic carbocycles. The van der Waals surface area contributed by atoms with Crippen LogP contribution in [0.1, 0.15) is 42.3 Å². The lowest BCUT2D eigenvalue weighted by Crippen LogP contribution is -2.17. The maximum atomic E-state index is 11.5. The molecule has 0 aliphatic rings. The third-order valence-electron chi connectivity index (χ3n) is 3.49. The van der Waals surface area contributed by atoms with Gasteiger partial charge in [-0.2, -0.15) is 0 Å². The van der Waals surface area contributed by atoms with E-state index in [0.717, 1.165) is 11.3 Å². The number of carbonyl (C=O) groups excluding carboxylic acids is 1. The number of hydrogen-bond acceptors (Lipinski definition) is 2. The summed E-state index contributed by atoms with van der Waals surface area (Å²) in [5, 5.41) is 3.42. The van der Waals surface area contributed by atoms with E-state index in [-0.39, 0.29) is 5.41 Å². The fourth-order valence-corrected chi connectivity index (χ4v) is 2.40. The molecule has 0 heterocycles. The molecule has 2 aromatic rings. The van der Waals surface area contributed by atoms with Gasteiger partial charge < -0.3 is 11.1 Å². The van der Waals surface area contributed by atoms with Gasteiger partial charge in [-0.15, -0.1) is 0 Å². The number of nitrogens with one attached hydrogen (secondary N) is 1. The molecule has 3 nitrogen and oxygen atoms in total. The highest BCUT2D eigenvalue weighted by Crippen LogP contribution is 2.29. The molecular formula is C18H22N2O. The van der Waals surface area contributed by atoms with Crippen molar-refractivity contribution in [1.29, 1.82) is 0 Å². The molecule has 0 fully saturated rings. The standard InChI is InChI=1S/C18H22N2O/c1-18(2,3)15-10-6-7-11-16(15)20-12-13-8-4-5-9-14(13)17(19)21/h4-11,20H,12H2,1-3H3,(H2,19,21). The Morgan fingerprint density at radius 3 is 2.33 bits per heavy atom. The van der Waals surface area contributed by atoms with E-state index in [2.05, 4.69) is 38.2 Å². The number of anilines is 1. The van der Waals surface area contributed by atoms with Crippen LogP contribution in [0.5, 0.6) is 0 Å². The first-order valence-electron chi connectivity index (χ1n) is 7.10. The Hall–Kier alpha value is -2.29. The van der Waals surface area contributed by atoms with Crippen LogP contribution in [0.2, 0.25) is 0 Å². The van der Waals surface area contributed by atoms with E-state index in [0.29, 0.717) is 12.1 Å². The number of primary amides is 1. The Labute approximate surface area is 126 Å². The molecule has 2 aromatic carbocycles. The van der Waals surface area contributed by atoms with E-state index in [1.165, 1.54) is 5.56 Å². The summed E-state index contributed by atoms with van der Waals surface area (Å²) in [6.07, 6.45) is 0. The minimum absolute atomic E-state index is 0.0623. The van der Waals surface area contributed by atoms with Crippen molar-refractivity contribution in [3.05, 3.63) is 65.2 Å². The highest BCUT2D eigenvalue weighted by Gasteiger charge is 2.17. The van der Waals surface area contributed by atoms with Crippen molar-refractivity contribution in [2.24, 2.45) is 5.73 Å². The number of rotatable bonds is 4. The van der Waals surface area contributed by atoms with Gasteiger partial charge in [0.05, 0.1) is 0 Å². The van der Waals surface area contributed by atoms with Crippen molar-refractivity contribution in [2.75, 3.05) is 5.32 Å². The molecule has 0 saturated carbocycles. The lowest BCUT2D eigenvalue weighted by molar-refractivity contribution is 0.0999. The molecule has 21 heavy (non-hydrogen) atoms. The molecule has 0 unspecified atom stereocenters. The van der Waals surface area contributed by atoms with Crippen LogP contribution in [0.15, 0.2) is 48.5 Å². The second kappa shape index (κ2) is 6.00. The molecular weight excluding hydrogens is 260 g/mol. The van der Waals surface area contributed by atoms with Crippen LogP contribution in [0.4, 0.5) is 5.69 Å². The maximum Gasteiger partial charge on any atom is 0.249 e. The van der Waals surface area contributed by atoms with Gasteiger partial charge in [-0.3, -0.25) is 4.79 Å². The monoisotopic (exact) mass is 282 g/mol. The smallest absolute Gasteiger partial charge is 0.249 e. The van der Waals surface area contributed by atoms with Gasteiger partial charge in [-0.05, 0) is 28.7 Å². The summed E-state index contributed by atoms with van der Waals surface area (Å²) in [4.78, 5) is 11.5. The zero-order chi connectivity index (χ0) is 15.5. The van der Waals surface area contributed by atoms with E-state index in [9.17, 15) is 4.79 Å². The largest absolute Gasteiger partial charge is 0.381 e. The molecule has 0 atom stereocenters. The van der Waals surface area contributed by atoms with Crippen LogP contribution in [-0.2, 0) is 12.0 Å². The Bertz CT molecular complexity index is 642. The normalized spacial score (nSPS) is 11.2. The minimum Gasteiger partial charge on any atom is -0.381 e. The van der Waals surface area contributed by atoms with Crippen LogP contribution in [0.3, 0.4) is 0 Å². The molecule has 110 valence electrons. The predicted octanol–water partition coefficient (Wildman–Crippen LogP) is 3.70. The third-order valence-corrected chi connectivity index (χ3v) is 3.49. The molecule has 0 saturated heterocycles. The van der Waals surface area contributed by atoms with Crippen LogP contribution in [0.25, 0.3) is 0 Å². The fraction of sp³-hybridized carbons (Fsp3) is 0.278. The van der Waals surface area contributed by atoms with E-state index in [1.54, 1.807) is 6.07 Å². The van der Waals surface area contributed by atoms with Crippen molar-refractivity contribution in [2.45, 2.75) is 32.7 Å². The predicted molar refractivity (Wildman–Crippen MR) is 87.4 cm³/mol. The molecule has 2 rings (SSSR count). The fourth-order valence-electron chi connectivity index (χ4n) is 2.40. The first-order chi connectivity index (χ1) is 9.89. The number of hydrogen-bond donors (Lipinski definition) is 2.